The lowest BCUT2D eigenvalue weighted by Crippen LogP contribution is -2.28. The van der Waals surface area contributed by atoms with Crippen LogP contribution in [0, 0.1) is 5.82 Å². The zero-order valence-corrected chi connectivity index (χ0v) is 12.4. The van der Waals surface area contributed by atoms with E-state index in [0.717, 1.165) is 24.1 Å². The van der Waals surface area contributed by atoms with Gasteiger partial charge < -0.3 is 9.64 Å². The summed E-state index contributed by atoms with van der Waals surface area (Å²) in [5.41, 5.74) is -0.0606. The van der Waals surface area contributed by atoms with Crippen molar-refractivity contribution in [3.63, 3.8) is 0 Å². The maximum atomic E-state index is 13.4. The highest BCUT2D eigenvalue weighted by Gasteiger charge is 2.39. The average Bonchev–Trinajstić information content (AvgIpc) is 2.79. The van der Waals surface area contributed by atoms with Crippen molar-refractivity contribution in [2.45, 2.75) is 11.7 Å². The Morgan fingerprint density at radius 2 is 2.14 bits per heavy atom. The van der Waals surface area contributed by atoms with E-state index in [1.807, 2.05) is 0 Å². The molecular weight excluding hydrogens is 325 g/mol. The van der Waals surface area contributed by atoms with Gasteiger partial charge in [0.2, 0.25) is 15.0 Å². The van der Waals surface area contributed by atoms with Crippen LogP contribution in [-0.2, 0) is 18.6 Å². The number of carbonyl (C=O) groups is 2. The number of amides is 1. The standard InChI is InChI=1S/C12H11ClFNO5S/c1-20-12(17)9-3-2-7(14)4-10(9)15-6-8(5-11(15)16)21(13,18)19/h2-4,8H,5-6H2,1H3. The first-order chi connectivity index (χ1) is 9.74. The summed E-state index contributed by atoms with van der Waals surface area (Å²) in [5.74, 6) is -1.97. The van der Waals surface area contributed by atoms with Crippen LogP contribution in [0.2, 0.25) is 0 Å². The topological polar surface area (TPSA) is 80.8 Å². The molecule has 6 nitrogen and oxygen atoms in total. The molecule has 1 aromatic rings. The molecule has 1 aliphatic heterocycles. The number of methoxy groups -OCH3 is 1. The van der Waals surface area contributed by atoms with Crippen LogP contribution in [0.25, 0.3) is 0 Å². The Bertz CT molecular complexity index is 706. The zero-order valence-electron chi connectivity index (χ0n) is 10.9. The average molecular weight is 336 g/mol. The van der Waals surface area contributed by atoms with Crippen molar-refractivity contribution in [2.24, 2.45) is 0 Å². The van der Waals surface area contributed by atoms with Gasteiger partial charge >= 0.3 is 5.97 Å². The number of hydrogen-bond acceptors (Lipinski definition) is 5. The Labute approximate surface area is 124 Å². The van der Waals surface area contributed by atoms with E-state index in [4.69, 9.17) is 10.7 Å². The van der Waals surface area contributed by atoms with Gasteiger partial charge in [0.1, 0.15) is 11.1 Å². The minimum absolute atomic E-state index is 0.0279. The summed E-state index contributed by atoms with van der Waals surface area (Å²) < 4.78 is 40.6. The van der Waals surface area contributed by atoms with Crippen LogP contribution in [0.1, 0.15) is 16.8 Å². The summed E-state index contributed by atoms with van der Waals surface area (Å²) in [6.07, 6.45) is -0.317. The van der Waals surface area contributed by atoms with Crippen LogP contribution < -0.4 is 4.90 Å². The van der Waals surface area contributed by atoms with Gasteiger partial charge in [-0.2, -0.15) is 0 Å². The number of carbonyl (C=O) groups excluding carboxylic acids is 2. The zero-order chi connectivity index (χ0) is 15.8. The Morgan fingerprint density at radius 3 is 2.67 bits per heavy atom. The molecule has 0 aromatic heterocycles. The summed E-state index contributed by atoms with van der Waals surface area (Å²) in [4.78, 5) is 24.6. The molecule has 0 bridgehead atoms. The fourth-order valence-corrected chi connectivity index (χ4v) is 3.13. The number of benzene rings is 1. The number of hydrogen-bond donors (Lipinski definition) is 0. The lowest BCUT2D eigenvalue weighted by molar-refractivity contribution is -0.117. The number of halogens is 2. The Balaban J connectivity index is 2.45. The number of anilines is 1. The van der Waals surface area contributed by atoms with Gasteiger partial charge in [0.15, 0.2) is 0 Å². The predicted octanol–water partition coefficient (Wildman–Crippen LogP) is 1.29. The van der Waals surface area contributed by atoms with Crippen LogP contribution in [0.5, 0.6) is 0 Å². The van der Waals surface area contributed by atoms with Gasteiger partial charge in [0.05, 0.1) is 18.4 Å². The van der Waals surface area contributed by atoms with E-state index in [0.29, 0.717) is 0 Å². The highest BCUT2D eigenvalue weighted by Crippen LogP contribution is 2.30. The maximum Gasteiger partial charge on any atom is 0.339 e. The molecule has 1 saturated heterocycles. The number of esters is 1. The van der Waals surface area contributed by atoms with E-state index in [-0.39, 0.29) is 24.2 Å². The van der Waals surface area contributed by atoms with Gasteiger partial charge in [-0.1, -0.05) is 0 Å². The lowest BCUT2D eigenvalue weighted by atomic mass is 10.1. The fraction of sp³-hybridized carbons (Fsp3) is 0.333. The Hall–Kier alpha value is -1.67. The van der Waals surface area contributed by atoms with E-state index in [9.17, 15) is 22.4 Å². The fourth-order valence-electron chi connectivity index (χ4n) is 2.11. The van der Waals surface area contributed by atoms with Crippen LogP contribution in [0.15, 0.2) is 18.2 Å². The summed E-state index contributed by atoms with van der Waals surface area (Å²) in [6, 6.07) is 3.20. The van der Waals surface area contributed by atoms with Gasteiger partial charge in [0, 0.05) is 23.6 Å². The van der Waals surface area contributed by atoms with Crippen molar-refractivity contribution in [3.05, 3.63) is 29.6 Å². The van der Waals surface area contributed by atoms with E-state index >= 15 is 0 Å². The predicted molar refractivity (Wildman–Crippen MR) is 73.3 cm³/mol. The van der Waals surface area contributed by atoms with Crippen LogP contribution in [0.3, 0.4) is 0 Å². The number of rotatable bonds is 3. The molecule has 1 atom stereocenters. The van der Waals surface area contributed by atoms with Gasteiger partial charge in [-0.3, -0.25) is 4.79 Å². The highest BCUT2D eigenvalue weighted by molar-refractivity contribution is 8.14. The number of nitrogens with zero attached hydrogens (tertiary/aromatic N) is 1. The SMILES string of the molecule is COC(=O)c1ccc(F)cc1N1CC(S(=O)(=O)Cl)CC1=O. The minimum atomic E-state index is -3.93. The molecule has 1 aliphatic rings. The van der Waals surface area contributed by atoms with Gasteiger partial charge in [-0.25, -0.2) is 17.6 Å². The van der Waals surface area contributed by atoms with Crippen LogP contribution >= 0.6 is 10.7 Å². The van der Waals surface area contributed by atoms with E-state index in [2.05, 4.69) is 4.74 Å². The molecule has 0 radical (unpaired) electrons. The summed E-state index contributed by atoms with van der Waals surface area (Å²) >= 11 is 0. The van der Waals surface area contributed by atoms with E-state index < -0.39 is 32.0 Å². The van der Waals surface area contributed by atoms with E-state index in [1.165, 1.54) is 6.07 Å². The third-order valence-corrected chi connectivity index (χ3v) is 5.01. The van der Waals surface area contributed by atoms with Crippen LogP contribution in [-0.4, -0.2) is 39.2 Å². The van der Waals surface area contributed by atoms with Gasteiger partial charge in [-0.05, 0) is 18.2 Å². The van der Waals surface area contributed by atoms with Crippen LogP contribution in [0.4, 0.5) is 10.1 Å². The third kappa shape index (κ3) is 3.16. The molecule has 1 amide bonds. The second-order valence-electron chi connectivity index (χ2n) is 4.46. The van der Waals surface area contributed by atoms with Gasteiger partial charge in [0.25, 0.3) is 0 Å². The first-order valence-corrected chi connectivity index (χ1v) is 8.23. The highest BCUT2D eigenvalue weighted by atomic mass is 35.7. The van der Waals surface area contributed by atoms with Crippen molar-refractivity contribution in [3.8, 4) is 0 Å². The molecule has 1 fully saturated rings. The van der Waals surface area contributed by atoms with Gasteiger partial charge in [-0.15, -0.1) is 0 Å². The molecule has 9 heteroatoms. The Morgan fingerprint density at radius 1 is 1.48 bits per heavy atom. The molecule has 1 unspecified atom stereocenters. The molecule has 0 N–H and O–H groups in total. The molecule has 0 spiro atoms. The largest absolute Gasteiger partial charge is 0.465 e. The molecule has 2 rings (SSSR count). The first kappa shape index (κ1) is 15.7. The summed E-state index contributed by atoms with van der Waals surface area (Å²) in [7, 11) is 2.47. The van der Waals surface area contributed by atoms with Crippen molar-refractivity contribution in [1.82, 2.24) is 0 Å². The molecule has 114 valence electrons. The first-order valence-electron chi connectivity index (χ1n) is 5.85. The number of ether oxygens (including phenoxy) is 1. The molecule has 1 aromatic carbocycles. The van der Waals surface area contributed by atoms with Crippen molar-refractivity contribution >= 4 is 37.3 Å². The quantitative estimate of drug-likeness (QED) is 0.614. The molecule has 0 aliphatic carbocycles. The summed E-state index contributed by atoms with van der Waals surface area (Å²) in [6.45, 7) is -0.238. The second-order valence-corrected chi connectivity index (χ2v) is 7.37. The van der Waals surface area contributed by atoms with Crippen molar-refractivity contribution < 1.29 is 27.1 Å². The monoisotopic (exact) mass is 335 g/mol. The van der Waals surface area contributed by atoms with Crippen molar-refractivity contribution in [1.29, 1.82) is 0 Å². The summed E-state index contributed by atoms with van der Waals surface area (Å²) in [5, 5.41) is -1.10. The van der Waals surface area contributed by atoms with E-state index in [1.54, 1.807) is 0 Å². The molecular formula is C12H11ClFNO5S. The molecule has 1 heterocycles. The smallest absolute Gasteiger partial charge is 0.339 e. The second kappa shape index (κ2) is 5.61. The molecule has 0 saturated carbocycles. The maximum absolute atomic E-state index is 13.4. The normalized spacial score (nSPS) is 18.9. The lowest BCUT2D eigenvalue weighted by Gasteiger charge is -2.19. The molecule has 21 heavy (non-hydrogen) atoms. The Kier molecular flexibility index (Phi) is 4.20. The third-order valence-electron chi connectivity index (χ3n) is 3.14. The minimum Gasteiger partial charge on any atom is -0.465 e. The van der Waals surface area contributed by atoms with Crippen molar-refractivity contribution in [2.75, 3.05) is 18.6 Å².